The summed E-state index contributed by atoms with van der Waals surface area (Å²) >= 11 is 0. The number of likely N-dealkylation sites (N-methyl/N-ethyl adjacent to an activating group) is 1. The molecule has 4 N–H and O–H groups in total. The van der Waals surface area contributed by atoms with Gasteiger partial charge >= 0.3 is 6.09 Å². The topological polar surface area (TPSA) is 162 Å². The molecule has 3 heterocycles. The van der Waals surface area contributed by atoms with Gasteiger partial charge in [-0.1, -0.05) is 19.9 Å². The highest BCUT2D eigenvalue weighted by atomic mass is 19.1. The third-order valence-corrected chi connectivity index (χ3v) is 6.52. The Kier molecular flexibility index (Phi) is 9.98. The zero-order chi connectivity index (χ0) is 30.4. The van der Waals surface area contributed by atoms with Crippen molar-refractivity contribution in [2.24, 2.45) is 5.92 Å². The van der Waals surface area contributed by atoms with Crippen LogP contribution in [-0.4, -0.2) is 67.6 Å². The first-order valence-electron chi connectivity index (χ1n) is 13.2. The van der Waals surface area contributed by atoms with E-state index in [0.29, 0.717) is 34.7 Å². The number of rotatable bonds is 11. The van der Waals surface area contributed by atoms with Crippen molar-refractivity contribution in [1.82, 2.24) is 29.7 Å². The van der Waals surface area contributed by atoms with Crippen molar-refractivity contribution >= 4 is 34.6 Å². The highest BCUT2D eigenvalue weighted by Crippen LogP contribution is 2.21. The lowest BCUT2D eigenvalue weighted by atomic mass is 10.1. The Morgan fingerprint density at radius 1 is 1.24 bits per heavy atom. The molecule has 3 aromatic rings. The largest absolute Gasteiger partial charge is 0.465 e. The van der Waals surface area contributed by atoms with Crippen LogP contribution < -0.4 is 16.2 Å². The number of halogens is 1. The monoisotopic (exact) mass is 569 g/mol. The van der Waals surface area contributed by atoms with Crippen molar-refractivity contribution in [3.05, 3.63) is 63.4 Å². The van der Waals surface area contributed by atoms with Crippen molar-refractivity contribution in [3.8, 4) is 0 Å². The number of hydrogen-bond acceptors (Lipinski definition) is 6. The van der Waals surface area contributed by atoms with Crippen LogP contribution in [0.15, 0.2) is 29.2 Å². The number of aryl methyl sites for hydroxylation is 1. The quantitative estimate of drug-likeness (QED) is 0.258. The van der Waals surface area contributed by atoms with E-state index in [0.717, 1.165) is 6.20 Å². The summed E-state index contributed by atoms with van der Waals surface area (Å²) in [6.45, 7) is 7.54. The zero-order valence-corrected chi connectivity index (χ0v) is 24.0. The lowest BCUT2D eigenvalue weighted by Gasteiger charge is -2.18. The highest BCUT2D eigenvalue weighted by molar-refractivity contribution is 5.96. The van der Waals surface area contributed by atoms with E-state index in [1.165, 1.54) is 21.6 Å². The van der Waals surface area contributed by atoms with E-state index in [1.807, 2.05) is 13.8 Å². The number of allylic oxidation sites excluding steroid dienone is 1. The van der Waals surface area contributed by atoms with Crippen LogP contribution in [0.25, 0.3) is 11.0 Å². The number of H-pyrrole nitrogens is 1. The summed E-state index contributed by atoms with van der Waals surface area (Å²) in [5, 5.41) is 13.9. The summed E-state index contributed by atoms with van der Waals surface area (Å²) in [5.41, 5.74) is 2.02. The molecule has 220 valence electrons. The predicted octanol–water partition coefficient (Wildman–Crippen LogP) is 3.12. The Labute approximate surface area is 236 Å². The Bertz CT molecular complexity index is 1540. The van der Waals surface area contributed by atoms with Crippen LogP contribution in [0.3, 0.4) is 0 Å². The summed E-state index contributed by atoms with van der Waals surface area (Å²) in [5.74, 6) is -0.912. The van der Waals surface area contributed by atoms with Gasteiger partial charge in [-0.2, -0.15) is 0 Å². The van der Waals surface area contributed by atoms with E-state index in [1.54, 1.807) is 34.0 Å². The molecule has 41 heavy (non-hydrogen) atoms. The Balaban J connectivity index is 1.87. The normalized spacial score (nSPS) is 12.2. The van der Waals surface area contributed by atoms with Crippen molar-refractivity contribution in [1.29, 1.82) is 0 Å². The molecule has 1 atom stereocenters. The average Bonchev–Trinajstić information content (AvgIpc) is 3.33. The second-order valence-corrected chi connectivity index (χ2v) is 10.5. The van der Waals surface area contributed by atoms with Crippen molar-refractivity contribution in [2.75, 3.05) is 19.4 Å². The number of pyridine rings is 2. The van der Waals surface area contributed by atoms with Gasteiger partial charge in [0.2, 0.25) is 11.8 Å². The molecule has 0 saturated heterocycles. The number of carbonyl (C=O) groups excluding carboxylic acids is 2. The Morgan fingerprint density at radius 3 is 2.59 bits per heavy atom. The van der Waals surface area contributed by atoms with Crippen LogP contribution in [0.1, 0.15) is 49.5 Å². The molecule has 12 nitrogen and oxygen atoms in total. The molecule has 3 aromatic heterocycles. The first-order valence-corrected chi connectivity index (χ1v) is 13.2. The number of carboxylic acid groups (broad SMARTS) is 1. The molecule has 3 rings (SSSR count). The number of aromatic amines is 1. The van der Waals surface area contributed by atoms with E-state index in [2.05, 4.69) is 25.6 Å². The Hall–Kier alpha value is -4.55. The van der Waals surface area contributed by atoms with Gasteiger partial charge in [0.05, 0.1) is 24.0 Å². The third-order valence-electron chi connectivity index (χ3n) is 6.52. The number of aromatic nitrogens is 4. The van der Waals surface area contributed by atoms with E-state index in [9.17, 15) is 28.7 Å². The number of anilines is 1. The van der Waals surface area contributed by atoms with Crippen LogP contribution >= 0.6 is 0 Å². The van der Waals surface area contributed by atoms with Crippen molar-refractivity contribution in [3.63, 3.8) is 0 Å². The molecule has 0 spiro atoms. The Morgan fingerprint density at radius 2 is 1.95 bits per heavy atom. The third kappa shape index (κ3) is 7.77. The minimum Gasteiger partial charge on any atom is -0.465 e. The number of nitrogens with zero attached hydrogens (tertiary/aromatic N) is 4. The molecule has 0 fully saturated rings. The molecule has 3 amide bonds. The van der Waals surface area contributed by atoms with E-state index in [-0.39, 0.29) is 42.4 Å². The van der Waals surface area contributed by atoms with Crippen LogP contribution in [-0.2, 0) is 22.6 Å². The second-order valence-electron chi connectivity index (χ2n) is 10.5. The zero-order valence-electron chi connectivity index (χ0n) is 24.0. The average molecular weight is 570 g/mol. The number of imidazole rings is 1. The van der Waals surface area contributed by atoms with Gasteiger partial charge in [-0.25, -0.2) is 14.2 Å². The minimum absolute atomic E-state index is 0.0219. The number of hydrogen-bond donors (Lipinski definition) is 4. The van der Waals surface area contributed by atoms with Gasteiger partial charge in [0.25, 0.3) is 5.56 Å². The summed E-state index contributed by atoms with van der Waals surface area (Å²) in [6, 6.07) is 0.342. The molecular weight excluding hydrogens is 533 g/mol. The molecule has 0 bridgehead atoms. The van der Waals surface area contributed by atoms with Crippen LogP contribution in [0.5, 0.6) is 0 Å². The molecule has 0 saturated carbocycles. The molecule has 1 unspecified atom stereocenters. The molecule has 0 aliphatic heterocycles. The van der Waals surface area contributed by atoms with E-state index < -0.39 is 29.4 Å². The fourth-order valence-corrected chi connectivity index (χ4v) is 4.24. The number of amides is 3. The number of carbonyl (C=O) groups is 3. The minimum atomic E-state index is -1.40. The van der Waals surface area contributed by atoms with Gasteiger partial charge in [0.15, 0.2) is 5.82 Å². The first-order chi connectivity index (χ1) is 19.3. The predicted molar refractivity (Wildman–Crippen MR) is 152 cm³/mol. The highest BCUT2D eigenvalue weighted by Gasteiger charge is 2.23. The first kappa shape index (κ1) is 31.0. The summed E-state index contributed by atoms with van der Waals surface area (Å²) < 4.78 is 15.9. The lowest BCUT2D eigenvalue weighted by molar-refractivity contribution is -0.123. The van der Waals surface area contributed by atoms with Crippen molar-refractivity contribution in [2.45, 2.75) is 59.5 Å². The SMILES string of the molecule is Cc1cc(NC(=O)C(CCC=CC(=O)N(C)C)NC(=O)O)c(=O)n(Cc2nc3c(F)cnc(CC(C)C)c3[nH]2)c1C. The fraction of sp³-hybridized carbons (Fsp3) is 0.429. The van der Waals surface area contributed by atoms with Gasteiger partial charge in [-0.15, -0.1) is 0 Å². The smallest absolute Gasteiger partial charge is 0.405 e. The van der Waals surface area contributed by atoms with E-state index >= 15 is 0 Å². The molecular formula is C28H36FN7O5. The fourth-order valence-electron chi connectivity index (χ4n) is 4.24. The molecule has 0 aliphatic rings. The van der Waals surface area contributed by atoms with Gasteiger partial charge in [0, 0.05) is 19.8 Å². The molecule has 0 aliphatic carbocycles. The molecule has 13 heteroatoms. The lowest BCUT2D eigenvalue weighted by Crippen LogP contribution is -2.44. The van der Waals surface area contributed by atoms with Gasteiger partial charge < -0.3 is 30.2 Å². The van der Waals surface area contributed by atoms with Crippen molar-refractivity contribution < 1.29 is 23.9 Å². The maximum absolute atomic E-state index is 14.5. The van der Waals surface area contributed by atoms with Gasteiger partial charge in [-0.3, -0.25) is 19.4 Å². The molecule has 0 radical (unpaired) electrons. The summed E-state index contributed by atoms with van der Waals surface area (Å²) in [6.07, 6.45) is 3.54. The van der Waals surface area contributed by atoms with Crippen LogP contribution in [0.2, 0.25) is 0 Å². The second kappa shape index (κ2) is 13.2. The van der Waals surface area contributed by atoms with Gasteiger partial charge in [0.1, 0.15) is 23.1 Å². The van der Waals surface area contributed by atoms with E-state index in [4.69, 9.17) is 0 Å². The summed E-state index contributed by atoms with van der Waals surface area (Å²) in [7, 11) is 3.19. The van der Waals surface area contributed by atoms with Crippen LogP contribution in [0, 0.1) is 25.6 Å². The van der Waals surface area contributed by atoms with Crippen LogP contribution in [0.4, 0.5) is 14.9 Å². The van der Waals surface area contributed by atoms with Gasteiger partial charge in [-0.05, 0) is 56.7 Å². The maximum atomic E-state index is 14.5. The molecule has 0 aromatic carbocycles. The standard InChI is InChI=1S/C28H36FN7O5/c1-15(2)11-20-25-24(18(29)13-30-20)33-22(34-25)14-36-17(4)16(3)12-21(27(36)39)31-26(38)19(32-28(40)41)9-7-8-10-23(37)35(5)6/h8,10,12-13,15,19,32H,7,9,11,14H2,1-6H3,(H,31,38)(H,33,34)(H,40,41). The number of fused-ring (bicyclic) bond motifs is 1. The summed E-state index contributed by atoms with van der Waals surface area (Å²) in [4.78, 5) is 62.6. The number of nitrogens with one attached hydrogen (secondary N) is 3. The maximum Gasteiger partial charge on any atom is 0.405 e.